The van der Waals surface area contributed by atoms with E-state index in [0.717, 1.165) is 5.52 Å². The first-order chi connectivity index (χ1) is 10.7. The summed E-state index contributed by atoms with van der Waals surface area (Å²) in [5, 5.41) is 4.42. The van der Waals surface area contributed by atoms with Gasteiger partial charge in [-0.15, -0.1) is 0 Å². The van der Waals surface area contributed by atoms with Gasteiger partial charge in [-0.05, 0) is 17.7 Å². The molecule has 4 rings (SSSR count). The molecule has 6 heteroatoms. The third-order valence-corrected chi connectivity index (χ3v) is 3.65. The van der Waals surface area contributed by atoms with Crippen LogP contribution in [0.1, 0.15) is 16.1 Å². The molecule has 0 saturated heterocycles. The minimum atomic E-state index is -0.646. The fourth-order valence-corrected chi connectivity index (χ4v) is 2.64. The molecule has 4 aromatic rings. The molecule has 2 heterocycles. The van der Waals surface area contributed by atoms with Crippen LogP contribution in [-0.2, 0) is 6.54 Å². The Balaban J connectivity index is 1.90. The quantitative estimate of drug-likeness (QED) is 0.627. The molecule has 2 aromatic carbocycles. The first kappa shape index (κ1) is 12.6. The third-order valence-electron chi connectivity index (χ3n) is 3.65. The molecule has 0 bridgehead atoms. The van der Waals surface area contributed by atoms with Gasteiger partial charge in [0.05, 0.1) is 17.2 Å². The minimum Gasteiger partial charge on any atom is -0.363 e. The molecule has 6 nitrogen and oxygen atoms in total. The van der Waals surface area contributed by atoms with Crippen molar-refractivity contribution in [1.82, 2.24) is 14.7 Å². The van der Waals surface area contributed by atoms with Crippen LogP contribution in [0.25, 0.3) is 21.9 Å². The maximum Gasteiger partial charge on any atom is 0.288 e. The number of nitrogens with zero attached hydrogens (tertiary/aromatic N) is 3. The fraction of sp³-hybridized carbons (Fsp3) is 0.0625. The van der Waals surface area contributed by atoms with Gasteiger partial charge in [-0.3, -0.25) is 4.79 Å². The first-order valence-corrected chi connectivity index (χ1v) is 6.81. The van der Waals surface area contributed by atoms with E-state index < -0.39 is 5.91 Å². The van der Waals surface area contributed by atoms with Crippen molar-refractivity contribution in [3.8, 4) is 0 Å². The van der Waals surface area contributed by atoms with Crippen molar-refractivity contribution in [2.75, 3.05) is 0 Å². The predicted molar refractivity (Wildman–Crippen MR) is 81.4 cm³/mol. The van der Waals surface area contributed by atoms with Gasteiger partial charge in [0.2, 0.25) is 5.76 Å². The summed E-state index contributed by atoms with van der Waals surface area (Å²) in [6, 6.07) is 13.8. The van der Waals surface area contributed by atoms with Crippen LogP contribution in [0.5, 0.6) is 0 Å². The van der Waals surface area contributed by atoms with Crippen LogP contribution in [0.3, 0.4) is 0 Å². The minimum absolute atomic E-state index is 0.0468. The molecule has 1 amide bonds. The lowest BCUT2D eigenvalue weighted by Crippen LogP contribution is -2.10. The molecule has 108 valence electrons. The van der Waals surface area contributed by atoms with Crippen LogP contribution in [0.4, 0.5) is 0 Å². The molecule has 0 fully saturated rings. The van der Waals surface area contributed by atoms with Gasteiger partial charge in [0.15, 0.2) is 0 Å². The van der Waals surface area contributed by atoms with Crippen LogP contribution < -0.4 is 5.73 Å². The zero-order valence-electron chi connectivity index (χ0n) is 11.6. The average Bonchev–Trinajstić information content (AvgIpc) is 3.12. The standard InChI is InChI=1S/C16H12N4O2/c17-16(21)15-13-11(19-22-15)6-7-12-14(13)18-9-20(12)8-10-4-2-1-3-5-10/h1-7,9H,8H2,(H2,17,21). The molecule has 0 spiro atoms. The van der Waals surface area contributed by atoms with E-state index in [1.54, 1.807) is 12.4 Å². The monoisotopic (exact) mass is 292 g/mol. The normalized spacial score (nSPS) is 11.3. The second kappa shape index (κ2) is 4.70. The SMILES string of the molecule is NC(=O)c1onc2ccc3c(ncn3Cc3ccccc3)c12. The Morgan fingerprint density at radius 3 is 2.77 bits per heavy atom. The Kier molecular flexibility index (Phi) is 2.69. The number of fused-ring (bicyclic) bond motifs is 3. The summed E-state index contributed by atoms with van der Waals surface area (Å²) < 4.78 is 7.05. The number of nitrogens with two attached hydrogens (primary N) is 1. The first-order valence-electron chi connectivity index (χ1n) is 6.81. The van der Waals surface area contributed by atoms with Gasteiger partial charge in [0.25, 0.3) is 5.91 Å². The molecular formula is C16H12N4O2. The topological polar surface area (TPSA) is 86.9 Å². The van der Waals surface area contributed by atoms with Crippen LogP contribution in [0.15, 0.2) is 53.3 Å². The summed E-state index contributed by atoms with van der Waals surface area (Å²) in [6.45, 7) is 0.694. The average molecular weight is 292 g/mol. The highest BCUT2D eigenvalue weighted by Crippen LogP contribution is 2.27. The van der Waals surface area contributed by atoms with Gasteiger partial charge >= 0.3 is 0 Å². The van der Waals surface area contributed by atoms with Gasteiger partial charge in [-0.2, -0.15) is 0 Å². The van der Waals surface area contributed by atoms with E-state index in [-0.39, 0.29) is 5.76 Å². The van der Waals surface area contributed by atoms with E-state index in [9.17, 15) is 4.79 Å². The number of carbonyl (C=O) groups excluding carboxylic acids is 1. The van der Waals surface area contributed by atoms with Crippen LogP contribution in [0.2, 0.25) is 0 Å². The maximum absolute atomic E-state index is 11.5. The summed E-state index contributed by atoms with van der Waals surface area (Å²) in [7, 11) is 0. The molecule has 22 heavy (non-hydrogen) atoms. The van der Waals surface area contributed by atoms with Crippen molar-refractivity contribution in [2.45, 2.75) is 6.54 Å². The highest BCUT2D eigenvalue weighted by atomic mass is 16.5. The summed E-state index contributed by atoms with van der Waals surface area (Å²) in [6.07, 6.45) is 1.74. The van der Waals surface area contributed by atoms with E-state index in [4.69, 9.17) is 10.3 Å². The Hall–Kier alpha value is -3.15. The Morgan fingerprint density at radius 2 is 2.00 bits per heavy atom. The van der Waals surface area contributed by atoms with E-state index in [0.29, 0.717) is 23.0 Å². The summed E-state index contributed by atoms with van der Waals surface area (Å²) in [5.41, 5.74) is 8.66. The molecule has 0 atom stereocenters. The molecule has 0 aliphatic heterocycles. The number of aromatic nitrogens is 3. The Morgan fingerprint density at radius 1 is 1.18 bits per heavy atom. The lowest BCUT2D eigenvalue weighted by Gasteiger charge is -2.04. The van der Waals surface area contributed by atoms with Crippen molar-refractivity contribution >= 4 is 27.8 Å². The fourth-order valence-electron chi connectivity index (χ4n) is 2.64. The molecule has 0 saturated carbocycles. The molecule has 2 aromatic heterocycles. The summed E-state index contributed by atoms with van der Waals surface area (Å²) in [5.74, 6) is -0.599. The highest BCUT2D eigenvalue weighted by molar-refractivity contribution is 6.13. The molecule has 2 N–H and O–H groups in total. The van der Waals surface area contributed by atoms with Gasteiger partial charge in [0, 0.05) is 6.54 Å². The molecule has 0 radical (unpaired) electrons. The number of imidazole rings is 1. The summed E-state index contributed by atoms with van der Waals surface area (Å²) in [4.78, 5) is 15.9. The number of benzene rings is 2. The molecular weight excluding hydrogens is 280 g/mol. The van der Waals surface area contributed by atoms with E-state index in [1.165, 1.54) is 5.56 Å². The lowest BCUT2D eigenvalue weighted by molar-refractivity contribution is 0.0967. The second-order valence-corrected chi connectivity index (χ2v) is 5.06. The van der Waals surface area contributed by atoms with Crippen LogP contribution >= 0.6 is 0 Å². The number of hydrogen-bond acceptors (Lipinski definition) is 4. The van der Waals surface area contributed by atoms with E-state index in [1.807, 2.05) is 28.8 Å². The largest absolute Gasteiger partial charge is 0.363 e. The number of rotatable bonds is 3. The number of primary amides is 1. The zero-order valence-corrected chi connectivity index (χ0v) is 11.6. The van der Waals surface area contributed by atoms with Crippen LogP contribution in [-0.4, -0.2) is 20.6 Å². The van der Waals surface area contributed by atoms with Crippen molar-refractivity contribution < 1.29 is 9.32 Å². The number of amides is 1. The van der Waals surface area contributed by atoms with Crippen molar-refractivity contribution in [2.24, 2.45) is 5.73 Å². The molecule has 0 aliphatic rings. The van der Waals surface area contributed by atoms with Gasteiger partial charge < -0.3 is 14.8 Å². The van der Waals surface area contributed by atoms with Crippen LogP contribution in [0, 0.1) is 0 Å². The molecule has 0 aliphatic carbocycles. The predicted octanol–water partition coefficient (Wildman–Crippen LogP) is 2.32. The zero-order chi connectivity index (χ0) is 15.1. The number of hydrogen-bond donors (Lipinski definition) is 1. The Labute approximate surface area is 125 Å². The van der Waals surface area contributed by atoms with E-state index in [2.05, 4.69) is 22.3 Å². The Bertz CT molecular complexity index is 985. The van der Waals surface area contributed by atoms with Gasteiger partial charge in [0.1, 0.15) is 11.0 Å². The smallest absolute Gasteiger partial charge is 0.288 e. The maximum atomic E-state index is 11.5. The second-order valence-electron chi connectivity index (χ2n) is 5.06. The van der Waals surface area contributed by atoms with Gasteiger partial charge in [-0.1, -0.05) is 35.5 Å². The number of carbonyl (C=O) groups is 1. The third kappa shape index (κ3) is 1.85. The summed E-state index contributed by atoms with van der Waals surface area (Å²) >= 11 is 0. The van der Waals surface area contributed by atoms with Crippen molar-refractivity contribution in [1.29, 1.82) is 0 Å². The van der Waals surface area contributed by atoms with Crippen molar-refractivity contribution in [3.05, 3.63) is 60.1 Å². The highest BCUT2D eigenvalue weighted by Gasteiger charge is 2.18. The lowest BCUT2D eigenvalue weighted by atomic mass is 10.1. The molecule has 0 unspecified atom stereocenters. The van der Waals surface area contributed by atoms with Crippen molar-refractivity contribution in [3.63, 3.8) is 0 Å². The van der Waals surface area contributed by atoms with E-state index >= 15 is 0 Å². The van der Waals surface area contributed by atoms with Gasteiger partial charge in [-0.25, -0.2) is 4.98 Å².